The maximum Gasteiger partial charge on any atom is 0.170 e. The van der Waals surface area contributed by atoms with Crippen LogP contribution in [0.15, 0.2) is 42.5 Å². The van der Waals surface area contributed by atoms with Crippen molar-refractivity contribution >= 4 is 5.78 Å². The van der Waals surface area contributed by atoms with Crippen LogP contribution in [0, 0.1) is 6.92 Å². The van der Waals surface area contributed by atoms with Gasteiger partial charge in [-0.15, -0.1) is 0 Å². The molecule has 0 fully saturated rings. The minimum atomic E-state index is -0.263. The van der Waals surface area contributed by atoms with Crippen molar-refractivity contribution < 1.29 is 14.3 Å². The standard InChI is InChI=1S/C17H15O3/c1-11-6-7-16-14(8-11)15(18)10-17(20-16)12-4-3-5-13(9-12)19-2/h3-9,17H,1,10H2,2H3/t17-/m1/s1. The highest BCUT2D eigenvalue weighted by Gasteiger charge is 2.27. The van der Waals surface area contributed by atoms with E-state index in [1.807, 2.05) is 36.4 Å². The van der Waals surface area contributed by atoms with Gasteiger partial charge in [0.1, 0.15) is 17.6 Å². The summed E-state index contributed by atoms with van der Waals surface area (Å²) in [7, 11) is 1.62. The van der Waals surface area contributed by atoms with Crippen LogP contribution in [0.2, 0.25) is 0 Å². The van der Waals surface area contributed by atoms with Crippen molar-refractivity contribution in [2.45, 2.75) is 12.5 Å². The van der Waals surface area contributed by atoms with Crippen molar-refractivity contribution in [2.75, 3.05) is 7.11 Å². The van der Waals surface area contributed by atoms with Crippen LogP contribution in [0.5, 0.6) is 11.5 Å². The SMILES string of the molecule is [CH2]c1ccc2c(c1)C(=O)C[C@H](c1cccc(OC)c1)O2. The van der Waals surface area contributed by atoms with Crippen LogP contribution in [0.1, 0.15) is 34.0 Å². The highest BCUT2D eigenvalue weighted by Crippen LogP contribution is 2.36. The summed E-state index contributed by atoms with van der Waals surface area (Å²) in [5, 5.41) is 0. The monoisotopic (exact) mass is 267 g/mol. The molecule has 0 N–H and O–H groups in total. The fourth-order valence-electron chi connectivity index (χ4n) is 2.40. The summed E-state index contributed by atoms with van der Waals surface area (Å²) in [5.74, 6) is 1.48. The normalized spacial score (nSPS) is 17.3. The van der Waals surface area contributed by atoms with Gasteiger partial charge in [-0.3, -0.25) is 4.79 Å². The molecule has 3 heteroatoms. The minimum absolute atomic E-state index is 0.0876. The smallest absolute Gasteiger partial charge is 0.170 e. The van der Waals surface area contributed by atoms with Crippen LogP contribution in [0.3, 0.4) is 0 Å². The zero-order valence-electron chi connectivity index (χ0n) is 11.3. The molecule has 0 unspecified atom stereocenters. The third-order valence-electron chi connectivity index (χ3n) is 3.45. The topological polar surface area (TPSA) is 35.5 Å². The summed E-state index contributed by atoms with van der Waals surface area (Å²) in [4.78, 5) is 12.2. The molecule has 2 aromatic rings. The van der Waals surface area contributed by atoms with Crippen LogP contribution in [-0.4, -0.2) is 12.9 Å². The predicted octanol–water partition coefficient (Wildman–Crippen LogP) is 3.58. The Morgan fingerprint density at radius 2 is 2.10 bits per heavy atom. The number of ether oxygens (including phenoxy) is 2. The maximum absolute atomic E-state index is 12.2. The van der Waals surface area contributed by atoms with E-state index < -0.39 is 0 Å². The minimum Gasteiger partial charge on any atom is -0.497 e. The first-order valence-electron chi connectivity index (χ1n) is 6.47. The quantitative estimate of drug-likeness (QED) is 0.834. The molecule has 1 heterocycles. The van der Waals surface area contributed by atoms with E-state index >= 15 is 0 Å². The van der Waals surface area contributed by atoms with E-state index in [9.17, 15) is 4.79 Å². The molecule has 0 spiro atoms. The molecule has 0 bridgehead atoms. The Morgan fingerprint density at radius 3 is 2.90 bits per heavy atom. The molecule has 3 nitrogen and oxygen atoms in total. The molecule has 0 aromatic heterocycles. The third-order valence-corrected chi connectivity index (χ3v) is 3.45. The van der Waals surface area contributed by atoms with Gasteiger partial charge in [0, 0.05) is 0 Å². The molecule has 0 aliphatic carbocycles. The fourth-order valence-corrected chi connectivity index (χ4v) is 2.40. The number of rotatable bonds is 2. The number of fused-ring (bicyclic) bond motifs is 1. The summed E-state index contributed by atoms with van der Waals surface area (Å²) in [6, 6.07) is 13.1. The number of methoxy groups -OCH3 is 1. The summed E-state index contributed by atoms with van der Waals surface area (Å²) in [5.41, 5.74) is 2.39. The van der Waals surface area contributed by atoms with Crippen LogP contribution in [0.4, 0.5) is 0 Å². The molecule has 0 amide bonds. The van der Waals surface area contributed by atoms with Gasteiger partial charge in [0.2, 0.25) is 0 Å². The lowest BCUT2D eigenvalue weighted by molar-refractivity contribution is 0.0849. The first-order chi connectivity index (χ1) is 9.67. The molecule has 2 aromatic carbocycles. The first-order valence-corrected chi connectivity index (χ1v) is 6.47. The second kappa shape index (κ2) is 5.00. The van der Waals surface area contributed by atoms with Gasteiger partial charge in [-0.25, -0.2) is 0 Å². The van der Waals surface area contributed by atoms with Crippen molar-refractivity contribution in [3.8, 4) is 11.5 Å². The Balaban J connectivity index is 1.94. The number of ketones is 1. The molecular weight excluding hydrogens is 252 g/mol. The van der Waals surface area contributed by atoms with E-state index in [-0.39, 0.29) is 11.9 Å². The maximum atomic E-state index is 12.2. The molecule has 20 heavy (non-hydrogen) atoms. The second-order valence-electron chi connectivity index (χ2n) is 4.84. The molecule has 0 saturated heterocycles. The fraction of sp³-hybridized carbons (Fsp3) is 0.176. The Bertz CT molecular complexity index is 661. The van der Waals surface area contributed by atoms with Gasteiger partial charge in [0.05, 0.1) is 19.1 Å². The van der Waals surface area contributed by atoms with Crippen LogP contribution in [0.25, 0.3) is 0 Å². The first kappa shape index (κ1) is 12.7. The van der Waals surface area contributed by atoms with Gasteiger partial charge in [0.15, 0.2) is 5.78 Å². The summed E-state index contributed by atoms with van der Waals surface area (Å²) in [6.07, 6.45) is 0.0737. The Kier molecular flexibility index (Phi) is 3.18. The van der Waals surface area contributed by atoms with E-state index in [1.54, 1.807) is 13.2 Å². The van der Waals surface area contributed by atoms with E-state index in [0.29, 0.717) is 17.7 Å². The summed E-state index contributed by atoms with van der Waals surface area (Å²) >= 11 is 0. The van der Waals surface area contributed by atoms with Gasteiger partial charge in [-0.2, -0.15) is 0 Å². The van der Waals surface area contributed by atoms with Crippen LogP contribution >= 0.6 is 0 Å². The third kappa shape index (κ3) is 2.27. The molecule has 101 valence electrons. The Labute approximate surface area is 118 Å². The van der Waals surface area contributed by atoms with Gasteiger partial charge in [-0.05, 0) is 42.3 Å². The number of hydrogen-bond donors (Lipinski definition) is 0. The van der Waals surface area contributed by atoms with E-state index in [1.165, 1.54) is 0 Å². The lowest BCUT2D eigenvalue weighted by Gasteiger charge is -2.26. The van der Waals surface area contributed by atoms with Crippen LogP contribution in [-0.2, 0) is 0 Å². The molecule has 3 rings (SSSR count). The molecule has 1 aliphatic rings. The zero-order valence-corrected chi connectivity index (χ0v) is 11.3. The largest absolute Gasteiger partial charge is 0.497 e. The van der Waals surface area contributed by atoms with Gasteiger partial charge in [-0.1, -0.05) is 18.2 Å². The number of Topliss-reactive ketones (excluding diaryl/α,β-unsaturated/α-hetero) is 1. The molecular formula is C17H15O3. The number of carbonyl (C=O) groups is 1. The lowest BCUT2D eigenvalue weighted by Crippen LogP contribution is -2.20. The second-order valence-corrected chi connectivity index (χ2v) is 4.84. The highest BCUT2D eigenvalue weighted by molar-refractivity contribution is 6.00. The summed E-state index contributed by atoms with van der Waals surface area (Å²) in [6.45, 7) is 3.84. The van der Waals surface area contributed by atoms with E-state index in [2.05, 4.69) is 6.92 Å². The van der Waals surface area contributed by atoms with Crippen molar-refractivity contribution in [2.24, 2.45) is 0 Å². The van der Waals surface area contributed by atoms with Crippen molar-refractivity contribution in [3.05, 3.63) is 66.1 Å². The lowest BCUT2D eigenvalue weighted by atomic mass is 9.95. The number of benzene rings is 2. The number of carbonyl (C=O) groups excluding carboxylic acids is 1. The molecule has 0 saturated carbocycles. The van der Waals surface area contributed by atoms with Gasteiger partial charge < -0.3 is 9.47 Å². The Hall–Kier alpha value is -2.29. The van der Waals surface area contributed by atoms with Crippen molar-refractivity contribution in [1.82, 2.24) is 0 Å². The van der Waals surface area contributed by atoms with E-state index in [0.717, 1.165) is 16.9 Å². The van der Waals surface area contributed by atoms with Crippen LogP contribution < -0.4 is 9.47 Å². The predicted molar refractivity (Wildman–Crippen MR) is 76.2 cm³/mol. The van der Waals surface area contributed by atoms with E-state index in [4.69, 9.17) is 9.47 Å². The molecule has 1 atom stereocenters. The number of hydrogen-bond acceptors (Lipinski definition) is 3. The van der Waals surface area contributed by atoms with Gasteiger partial charge >= 0.3 is 0 Å². The zero-order chi connectivity index (χ0) is 14.1. The van der Waals surface area contributed by atoms with Crippen molar-refractivity contribution in [1.29, 1.82) is 0 Å². The Morgan fingerprint density at radius 1 is 1.25 bits per heavy atom. The average molecular weight is 267 g/mol. The average Bonchev–Trinajstić information content (AvgIpc) is 2.48. The highest BCUT2D eigenvalue weighted by atomic mass is 16.5. The van der Waals surface area contributed by atoms with Crippen molar-refractivity contribution in [3.63, 3.8) is 0 Å². The van der Waals surface area contributed by atoms with Gasteiger partial charge in [0.25, 0.3) is 0 Å². The summed E-state index contributed by atoms with van der Waals surface area (Å²) < 4.78 is 11.1. The molecule has 1 aliphatic heterocycles. The molecule has 1 radical (unpaired) electrons.